The van der Waals surface area contributed by atoms with E-state index in [2.05, 4.69) is 15.7 Å². The number of aryl methyl sites for hydroxylation is 2. The van der Waals surface area contributed by atoms with Crippen LogP contribution in [0, 0.1) is 6.92 Å². The van der Waals surface area contributed by atoms with E-state index >= 15 is 0 Å². The van der Waals surface area contributed by atoms with E-state index in [0.29, 0.717) is 28.8 Å². The normalized spacial score (nSPS) is 10.5. The zero-order valence-electron chi connectivity index (χ0n) is 16.0. The van der Waals surface area contributed by atoms with Gasteiger partial charge in [0.2, 0.25) is 0 Å². The van der Waals surface area contributed by atoms with Crippen LogP contribution >= 0.6 is 23.6 Å². The zero-order chi connectivity index (χ0) is 20.1. The molecule has 0 unspecified atom stereocenters. The van der Waals surface area contributed by atoms with Crippen LogP contribution in [-0.2, 0) is 18.3 Å². The summed E-state index contributed by atoms with van der Waals surface area (Å²) in [5, 5.41) is 11.7. The van der Waals surface area contributed by atoms with Gasteiger partial charge in [0.15, 0.2) is 5.11 Å². The highest BCUT2D eigenvalue weighted by atomic mass is 32.1. The average molecular weight is 415 g/mol. The number of anilines is 1. The van der Waals surface area contributed by atoms with Crippen molar-refractivity contribution < 1.29 is 9.53 Å². The molecule has 3 aromatic rings. The van der Waals surface area contributed by atoms with Gasteiger partial charge in [0, 0.05) is 23.7 Å². The van der Waals surface area contributed by atoms with E-state index in [1.165, 1.54) is 11.3 Å². The largest absolute Gasteiger partial charge is 0.462 e. The summed E-state index contributed by atoms with van der Waals surface area (Å²) in [7, 11) is 1.87. The smallest absolute Gasteiger partial charge is 0.341 e. The molecule has 0 atom stereocenters. The molecular formula is C20H22N4O2S2. The van der Waals surface area contributed by atoms with Crippen LogP contribution in [0.4, 0.5) is 5.00 Å². The molecule has 0 saturated carbocycles. The summed E-state index contributed by atoms with van der Waals surface area (Å²) in [4.78, 5) is 13.7. The number of hydrogen-bond acceptors (Lipinski definition) is 5. The minimum absolute atomic E-state index is 0.309. The Labute approximate surface area is 173 Å². The number of nitrogens with zero attached hydrogens (tertiary/aromatic N) is 2. The third kappa shape index (κ3) is 4.58. The van der Waals surface area contributed by atoms with Crippen molar-refractivity contribution in [2.75, 3.05) is 11.9 Å². The van der Waals surface area contributed by atoms with Crippen LogP contribution in [0.5, 0.6) is 0 Å². The van der Waals surface area contributed by atoms with Gasteiger partial charge in [0.05, 0.1) is 18.8 Å². The number of carbonyl (C=O) groups excluding carboxylic acids is 1. The summed E-state index contributed by atoms with van der Waals surface area (Å²) in [6, 6.07) is 11.7. The summed E-state index contributed by atoms with van der Waals surface area (Å²) in [6.07, 6.45) is 1.88. The maximum atomic E-state index is 12.7. The molecule has 0 aliphatic carbocycles. The Morgan fingerprint density at radius 3 is 2.68 bits per heavy atom. The first kappa shape index (κ1) is 20.0. The van der Waals surface area contributed by atoms with Crippen LogP contribution in [0.15, 0.2) is 42.6 Å². The lowest BCUT2D eigenvalue weighted by atomic mass is 10.0. The number of benzene rings is 1. The molecule has 146 valence electrons. The van der Waals surface area contributed by atoms with Crippen LogP contribution in [0.2, 0.25) is 0 Å². The van der Waals surface area contributed by atoms with E-state index in [1.807, 2.05) is 56.6 Å². The van der Waals surface area contributed by atoms with Gasteiger partial charge in [0.1, 0.15) is 10.6 Å². The van der Waals surface area contributed by atoms with Crippen molar-refractivity contribution in [3.8, 4) is 11.1 Å². The quantitative estimate of drug-likeness (QED) is 0.467. The van der Waals surface area contributed by atoms with Gasteiger partial charge >= 0.3 is 5.97 Å². The number of nitrogens with one attached hydrogen (secondary N) is 2. The molecule has 1 aromatic carbocycles. The first-order valence-corrected chi connectivity index (χ1v) is 10.1. The van der Waals surface area contributed by atoms with Gasteiger partial charge in [-0.2, -0.15) is 5.10 Å². The maximum absolute atomic E-state index is 12.7. The lowest BCUT2D eigenvalue weighted by molar-refractivity contribution is 0.0529. The van der Waals surface area contributed by atoms with E-state index in [9.17, 15) is 4.79 Å². The summed E-state index contributed by atoms with van der Waals surface area (Å²) < 4.78 is 7.05. The van der Waals surface area contributed by atoms with E-state index in [4.69, 9.17) is 17.0 Å². The highest BCUT2D eigenvalue weighted by Crippen LogP contribution is 2.40. The molecule has 0 aliphatic rings. The second-order valence-electron chi connectivity index (χ2n) is 6.11. The predicted octanol–water partition coefficient (Wildman–Crippen LogP) is 4.12. The molecule has 2 heterocycles. The van der Waals surface area contributed by atoms with Crippen molar-refractivity contribution >= 4 is 39.6 Å². The van der Waals surface area contributed by atoms with Gasteiger partial charge in [0.25, 0.3) is 0 Å². The van der Waals surface area contributed by atoms with E-state index in [1.54, 1.807) is 11.6 Å². The van der Waals surface area contributed by atoms with Crippen LogP contribution in [0.1, 0.15) is 27.9 Å². The third-order valence-corrected chi connectivity index (χ3v) is 5.32. The number of thiocarbonyl (C=S) groups is 1. The summed E-state index contributed by atoms with van der Waals surface area (Å²) in [5.74, 6) is -0.360. The number of thiophene rings is 1. The van der Waals surface area contributed by atoms with E-state index < -0.39 is 0 Å². The predicted molar refractivity (Wildman–Crippen MR) is 117 cm³/mol. The molecule has 2 N–H and O–H groups in total. The van der Waals surface area contributed by atoms with Gasteiger partial charge in [-0.25, -0.2) is 4.79 Å². The van der Waals surface area contributed by atoms with Crippen LogP contribution in [0.3, 0.4) is 0 Å². The minimum atomic E-state index is -0.360. The molecule has 8 heteroatoms. The van der Waals surface area contributed by atoms with Crippen molar-refractivity contribution in [3.63, 3.8) is 0 Å². The molecule has 6 nitrogen and oxygen atoms in total. The molecule has 0 amide bonds. The molecule has 0 spiro atoms. The van der Waals surface area contributed by atoms with Gasteiger partial charge in [-0.05, 0) is 37.7 Å². The van der Waals surface area contributed by atoms with Crippen molar-refractivity contribution in [2.24, 2.45) is 7.05 Å². The zero-order valence-corrected chi connectivity index (χ0v) is 17.6. The fourth-order valence-corrected chi connectivity index (χ4v) is 4.17. The molecule has 28 heavy (non-hydrogen) atoms. The molecule has 0 bridgehead atoms. The standard InChI is InChI=1S/C20H22N4O2S2/c1-4-26-19(25)17-16(14-8-6-5-7-9-14)13(2)28-18(17)22-20(27)21-12-15-10-11-24(3)23-15/h5-11H,4,12H2,1-3H3,(H2,21,22,27). The van der Waals surface area contributed by atoms with E-state index in [-0.39, 0.29) is 5.97 Å². The van der Waals surface area contributed by atoms with Gasteiger partial charge in [-0.3, -0.25) is 4.68 Å². The fourth-order valence-electron chi connectivity index (χ4n) is 2.86. The van der Waals surface area contributed by atoms with Crippen LogP contribution in [-0.4, -0.2) is 27.5 Å². The summed E-state index contributed by atoms with van der Waals surface area (Å²) >= 11 is 6.90. The Kier molecular flexibility index (Phi) is 6.43. The average Bonchev–Trinajstić information content (AvgIpc) is 3.23. The lowest BCUT2D eigenvalue weighted by Crippen LogP contribution is -2.28. The number of aromatic nitrogens is 2. The second kappa shape index (κ2) is 8.99. The van der Waals surface area contributed by atoms with E-state index in [0.717, 1.165) is 21.7 Å². The molecule has 3 rings (SSSR count). The minimum Gasteiger partial charge on any atom is -0.462 e. The Bertz CT molecular complexity index is 980. The van der Waals surface area contributed by atoms with Crippen molar-refractivity contribution in [1.82, 2.24) is 15.1 Å². The molecular weight excluding hydrogens is 392 g/mol. The second-order valence-corrected chi connectivity index (χ2v) is 7.75. The Hall–Kier alpha value is -2.71. The van der Waals surface area contributed by atoms with Gasteiger partial charge in [-0.1, -0.05) is 30.3 Å². The molecule has 2 aromatic heterocycles. The number of hydrogen-bond donors (Lipinski definition) is 2. The van der Waals surface area contributed by atoms with Crippen LogP contribution in [0.25, 0.3) is 11.1 Å². The number of rotatable bonds is 6. The molecule has 0 radical (unpaired) electrons. The summed E-state index contributed by atoms with van der Waals surface area (Å²) in [6.45, 7) is 4.60. The monoisotopic (exact) mass is 414 g/mol. The first-order valence-electron chi connectivity index (χ1n) is 8.89. The van der Waals surface area contributed by atoms with Crippen molar-refractivity contribution in [3.05, 3.63) is 58.7 Å². The topological polar surface area (TPSA) is 68.2 Å². The molecule has 0 aliphatic heterocycles. The number of ether oxygens (including phenoxy) is 1. The van der Waals surface area contributed by atoms with Crippen LogP contribution < -0.4 is 10.6 Å². The lowest BCUT2D eigenvalue weighted by Gasteiger charge is -2.11. The van der Waals surface area contributed by atoms with Gasteiger partial charge in [-0.15, -0.1) is 11.3 Å². The maximum Gasteiger partial charge on any atom is 0.341 e. The highest BCUT2D eigenvalue weighted by Gasteiger charge is 2.24. The number of esters is 1. The Morgan fingerprint density at radius 1 is 1.29 bits per heavy atom. The number of carbonyl (C=O) groups is 1. The Balaban J connectivity index is 1.85. The Morgan fingerprint density at radius 2 is 2.04 bits per heavy atom. The van der Waals surface area contributed by atoms with Crippen molar-refractivity contribution in [2.45, 2.75) is 20.4 Å². The molecule has 0 fully saturated rings. The molecule has 0 saturated heterocycles. The fraction of sp³-hybridized carbons (Fsp3) is 0.250. The first-order chi connectivity index (χ1) is 13.5. The van der Waals surface area contributed by atoms with Gasteiger partial charge < -0.3 is 15.4 Å². The third-order valence-electron chi connectivity index (χ3n) is 4.05. The van der Waals surface area contributed by atoms with Crippen molar-refractivity contribution in [1.29, 1.82) is 0 Å². The SMILES string of the molecule is CCOC(=O)c1c(NC(=S)NCc2ccn(C)n2)sc(C)c1-c1ccccc1. The highest BCUT2D eigenvalue weighted by molar-refractivity contribution is 7.80. The summed E-state index contributed by atoms with van der Waals surface area (Å²) in [5.41, 5.74) is 3.24.